The highest BCUT2D eigenvalue weighted by Gasteiger charge is 2.34. The summed E-state index contributed by atoms with van der Waals surface area (Å²) in [5.74, 6) is -1.53. The molecule has 2 aromatic rings. The molecule has 31 heavy (non-hydrogen) atoms. The molecule has 2 aromatic carbocycles. The number of carbonyl (C=O) groups is 2. The van der Waals surface area contributed by atoms with Crippen LogP contribution in [0.5, 0.6) is 0 Å². The number of rotatable bonds is 6. The molecule has 2 N–H and O–H groups in total. The van der Waals surface area contributed by atoms with Gasteiger partial charge in [0.15, 0.2) is 5.11 Å². The molecule has 0 radical (unpaired) electrons. The number of nitrogens with one attached hydrogen (secondary N) is 2. The van der Waals surface area contributed by atoms with Crippen LogP contribution in [0.25, 0.3) is 0 Å². The summed E-state index contributed by atoms with van der Waals surface area (Å²) in [6.45, 7) is 6.44. The summed E-state index contributed by atoms with van der Waals surface area (Å²) in [5.41, 5.74) is 2.48. The Kier molecular flexibility index (Phi) is 7.02. The highest BCUT2D eigenvalue weighted by Crippen LogP contribution is 2.32. The van der Waals surface area contributed by atoms with E-state index < -0.39 is 23.7 Å². The maximum absolute atomic E-state index is 13.8. The van der Waals surface area contributed by atoms with Crippen LogP contribution in [-0.2, 0) is 9.53 Å². The van der Waals surface area contributed by atoms with Crippen molar-refractivity contribution in [1.29, 1.82) is 0 Å². The molecule has 1 unspecified atom stereocenters. The van der Waals surface area contributed by atoms with E-state index in [1.165, 1.54) is 18.2 Å². The van der Waals surface area contributed by atoms with Gasteiger partial charge in [0.05, 0.1) is 23.8 Å². The van der Waals surface area contributed by atoms with Gasteiger partial charge >= 0.3 is 5.97 Å². The number of nitrogens with zero attached hydrogens (tertiary/aromatic N) is 1. The van der Waals surface area contributed by atoms with Crippen molar-refractivity contribution in [2.45, 2.75) is 26.8 Å². The van der Waals surface area contributed by atoms with Gasteiger partial charge in [0.2, 0.25) is 0 Å². The summed E-state index contributed by atoms with van der Waals surface area (Å²) in [6, 6.07) is 12.3. The lowest BCUT2D eigenvalue weighted by molar-refractivity contribution is -0.139. The number of carbonyl (C=O) groups excluding carboxylic acids is 2. The highest BCUT2D eigenvalue weighted by atomic mass is 32.1. The van der Waals surface area contributed by atoms with E-state index in [1.807, 2.05) is 18.7 Å². The van der Waals surface area contributed by atoms with Crippen molar-refractivity contribution in [2.24, 2.45) is 0 Å². The van der Waals surface area contributed by atoms with Crippen molar-refractivity contribution in [2.75, 3.05) is 18.5 Å². The largest absolute Gasteiger partial charge is 0.463 e. The third-order valence-corrected chi connectivity index (χ3v) is 5.37. The normalized spacial score (nSPS) is 16.1. The number of ether oxygens (including phenoxy) is 1. The fourth-order valence-electron chi connectivity index (χ4n) is 3.49. The van der Waals surface area contributed by atoms with E-state index >= 15 is 0 Å². The lowest BCUT2D eigenvalue weighted by Gasteiger charge is -2.37. The second kappa shape index (κ2) is 9.70. The molecule has 6 nitrogen and oxygen atoms in total. The van der Waals surface area contributed by atoms with Gasteiger partial charge in [-0.15, -0.1) is 0 Å². The lowest BCUT2D eigenvalue weighted by Crippen LogP contribution is -2.47. The number of amides is 1. The minimum atomic E-state index is -0.586. The molecule has 0 spiro atoms. The maximum atomic E-state index is 13.8. The number of hydrogen-bond donors (Lipinski definition) is 2. The molecule has 162 valence electrons. The van der Waals surface area contributed by atoms with Crippen LogP contribution in [0.15, 0.2) is 59.8 Å². The third-order valence-electron chi connectivity index (χ3n) is 5.03. The number of anilines is 1. The van der Waals surface area contributed by atoms with Crippen LogP contribution in [-0.4, -0.2) is 35.0 Å². The fourth-order valence-corrected chi connectivity index (χ4v) is 3.87. The number of hydrogen-bond acceptors (Lipinski definition) is 4. The molecule has 1 aliphatic heterocycles. The average molecular weight is 442 g/mol. The Hall–Kier alpha value is -3.26. The SMILES string of the molecule is CCOC(=O)C1=C(C)N(CC)C(=S)NC1c1ccc(NC(=O)c2ccccc2F)cc1. The van der Waals surface area contributed by atoms with E-state index in [-0.39, 0.29) is 12.2 Å². The average Bonchev–Trinajstić information content (AvgIpc) is 2.74. The maximum Gasteiger partial charge on any atom is 0.338 e. The number of benzene rings is 2. The minimum Gasteiger partial charge on any atom is -0.463 e. The van der Waals surface area contributed by atoms with E-state index in [4.69, 9.17) is 17.0 Å². The molecule has 1 amide bonds. The number of halogens is 1. The van der Waals surface area contributed by atoms with Gasteiger partial charge < -0.3 is 20.3 Å². The molecule has 0 bridgehead atoms. The summed E-state index contributed by atoms with van der Waals surface area (Å²) in [5, 5.41) is 6.41. The van der Waals surface area contributed by atoms with Crippen molar-refractivity contribution in [3.63, 3.8) is 0 Å². The summed E-state index contributed by atoms with van der Waals surface area (Å²) in [4.78, 5) is 26.9. The monoisotopic (exact) mass is 441 g/mol. The highest BCUT2D eigenvalue weighted by molar-refractivity contribution is 7.80. The Labute approximate surface area is 186 Å². The molecule has 1 aliphatic rings. The van der Waals surface area contributed by atoms with Gasteiger partial charge in [-0.05, 0) is 62.8 Å². The lowest BCUT2D eigenvalue weighted by atomic mass is 9.95. The van der Waals surface area contributed by atoms with Gasteiger partial charge in [-0.2, -0.15) is 0 Å². The molecule has 0 fully saturated rings. The first kappa shape index (κ1) is 22.4. The summed E-state index contributed by atoms with van der Waals surface area (Å²) in [6.07, 6.45) is 0. The van der Waals surface area contributed by atoms with Crippen molar-refractivity contribution < 1.29 is 18.7 Å². The molecular weight excluding hydrogens is 417 g/mol. The van der Waals surface area contributed by atoms with E-state index in [0.29, 0.717) is 22.9 Å². The van der Waals surface area contributed by atoms with Gasteiger partial charge in [-0.3, -0.25) is 4.79 Å². The van der Waals surface area contributed by atoms with Crippen molar-refractivity contribution >= 4 is 34.9 Å². The zero-order valence-corrected chi connectivity index (χ0v) is 18.4. The molecule has 0 saturated heterocycles. The van der Waals surface area contributed by atoms with Crippen molar-refractivity contribution in [3.8, 4) is 0 Å². The van der Waals surface area contributed by atoms with Gasteiger partial charge in [-0.1, -0.05) is 24.3 Å². The second-order valence-corrected chi connectivity index (χ2v) is 7.29. The van der Waals surface area contributed by atoms with E-state index in [9.17, 15) is 14.0 Å². The molecule has 1 heterocycles. The Morgan fingerprint density at radius 2 is 1.84 bits per heavy atom. The Morgan fingerprint density at radius 1 is 1.16 bits per heavy atom. The van der Waals surface area contributed by atoms with E-state index in [1.54, 1.807) is 37.3 Å². The standard InChI is InChI=1S/C23H24FN3O3S/c1-4-27-14(3)19(22(29)30-5-2)20(26-23(27)31)15-10-12-16(13-11-15)25-21(28)17-8-6-7-9-18(17)24/h6-13,20H,4-5H2,1-3H3,(H,25,28)(H,26,31). The summed E-state index contributed by atoms with van der Waals surface area (Å²) in [7, 11) is 0. The Bertz CT molecular complexity index is 1040. The van der Waals surface area contributed by atoms with Crippen LogP contribution in [0.3, 0.4) is 0 Å². The fraction of sp³-hybridized carbons (Fsp3) is 0.261. The number of allylic oxidation sites excluding steroid dienone is 1. The van der Waals surface area contributed by atoms with Crippen LogP contribution in [0.2, 0.25) is 0 Å². The molecule has 1 atom stereocenters. The van der Waals surface area contributed by atoms with Gasteiger partial charge in [0.25, 0.3) is 5.91 Å². The van der Waals surface area contributed by atoms with Crippen LogP contribution in [0, 0.1) is 5.82 Å². The zero-order chi connectivity index (χ0) is 22.5. The van der Waals surface area contributed by atoms with Gasteiger partial charge in [0, 0.05) is 17.9 Å². The first-order chi connectivity index (χ1) is 14.9. The van der Waals surface area contributed by atoms with Crippen molar-refractivity contribution in [3.05, 3.63) is 76.7 Å². The Morgan fingerprint density at radius 3 is 2.45 bits per heavy atom. The molecule has 3 rings (SSSR count). The number of esters is 1. The molecule has 0 saturated carbocycles. The first-order valence-electron chi connectivity index (χ1n) is 9.99. The topological polar surface area (TPSA) is 70.7 Å². The summed E-state index contributed by atoms with van der Waals surface area (Å²) < 4.78 is 19.1. The number of thiocarbonyl (C=S) groups is 1. The quantitative estimate of drug-likeness (QED) is 0.518. The van der Waals surface area contributed by atoms with Gasteiger partial charge in [0.1, 0.15) is 5.82 Å². The Balaban J connectivity index is 1.87. The second-order valence-electron chi connectivity index (χ2n) is 6.90. The molecule has 0 aliphatic carbocycles. The summed E-state index contributed by atoms with van der Waals surface area (Å²) >= 11 is 5.47. The molecule has 0 aromatic heterocycles. The van der Waals surface area contributed by atoms with E-state index in [0.717, 1.165) is 11.3 Å². The van der Waals surface area contributed by atoms with E-state index in [2.05, 4.69) is 10.6 Å². The van der Waals surface area contributed by atoms with Crippen LogP contribution < -0.4 is 10.6 Å². The predicted molar refractivity (Wildman–Crippen MR) is 121 cm³/mol. The first-order valence-corrected chi connectivity index (χ1v) is 10.4. The minimum absolute atomic E-state index is 0.0336. The van der Waals surface area contributed by atoms with Crippen LogP contribution in [0.1, 0.15) is 42.7 Å². The smallest absolute Gasteiger partial charge is 0.338 e. The van der Waals surface area contributed by atoms with Crippen LogP contribution in [0.4, 0.5) is 10.1 Å². The van der Waals surface area contributed by atoms with Crippen molar-refractivity contribution in [1.82, 2.24) is 10.2 Å². The third kappa shape index (κ3) is 4.74. The van der Waals surface area contributed by atoms with Gasteiger partial charge in [-0.25, -0.2) is 9.18 Å². The zero-order valence-electron chi connectivity index (χ0n) is 17.6. The predicted octanol–water partition coefficient (Wildman–Crippen LogP) is 4.17. The molecule has 8 heteroatoms. The molecular formula is C23H24FN3O3S. The van der Waals surface area contributed by atoms with Crippen LogP contribution >= 0.6 is 12.2 Å².